The normalized spacial score (nSPS) is 10.1. The van der Waals surface area contributed by atoms with E-state index in [2.05, 4.69) is 5.32 Å². The van der Waals surface area contributed by atoms with Gasteiger partial charge >= 0.3 is 0 Å². The van der Waals surface area contributed by atoms with Gasteiger partial charge in [-0.05, 0) is 6.92 Å². The second-order valence-electron chi connectivity index (χ2n) is 5.16. The first kappa shape index (κ1) is 21.5. The minimum atomic E-state index is -0.870. The lowest BCUT2D eigenvalue weighted by Gasteiger charge is -2.16. The molecule has 1 N–H and O–H groups in total. The predicted octanol–water partition coefficient (Wildman–Crippen LogP) is 5.91. The molecule has 0 atom stereocenters. The Hall–Kier alpha value is -2.82. The summed E-state index contributed by atoms with van der Waals surface area (Å²) in [6.45, 7) is 1.30. The van der Waals surface area contributed by atoms with E-state index in [0.29, 0.717) is 6.07 Å². The minimum Gasteiger partial charge on any atom is -0.347 e. The Morgan fingerprint density at radius 1 is 0.857 bits per heavy atom. The maximum Gasteiger partial charge on any atom is 0.299 e. The fourth-order valence-electron chi connectivity index (χ4n) is 2.30. The number of nitro benzene ring substituents is 2. The third-order valence-corrected chi connectivity index (χ3v) is 5.35. The number of hydrogen-bond acceptors (Lipinski definition) is 7. The second kappa shape index (κ2) is 8.05. The third kappa shape index (κ3) is 3.49. The molecule has 0 unspecified atom stereocenters. The maximum atomic E-state index is 11.4. The highest BCUT2D eigenvalue weighted by molar-refractivity contribution is 6.46. The summed E-state index contributed by atoms with van der Waals surface area (Å²) >= 11 is 24.1. The molecule has 0 spiro atoms. The molecule has 0 aromatic heterocycles. The quantitative estimate of drug-likeness (QED) is 0.338. The lowest BCUT2D eigenvalue weighted by molar-refractivity contribution is -0.393. The highest BCUT2D eigenvalue weighted by Gasteiger charge is 2.30. The second-order valence-corrected chi connectivity index (χ2v) is 6.67. The van der Waals surface area contributed by atoms with Gasteiger partial charge in [0.25, 0.3) is 11.4 Å². The van der Waals surface area contributed by atoms with E-state index in [1.807, 2.05) is 0 Å². The largest absolute Gasteiger partial charge is 0.347 e. The Morgan fingerprint density at radius 2 is 1.39 bits per heavy atom. The van der Waals surface area contributed by atoms with E-state index in [9.17, 15) is 25.5 Å². The summed E-state index contributed by atoms with van der Waals surface area (Å²) in [4.78, 5) is 20.8. The van der Waals surface area contributed by atoms with Crippen LogP contribution in [-0.4, -0.2) is 9.85 Å². The van der Waals surface area contributed by atoms with Gasteiger partial charge in [-0.3, -0.25) is 20.2 Å². The fraction of sp³-hybridized carbons (Fsp3) is 0.0667. The van der Waals surface area contributed by atoms with E-state index in [4.69, 9.17) is 51.7 Å². The van der Waals surface area contributed by atoms with Crippen molar-refractivity contribution >= 4 is 69.2 Å². The van der Waals surface area contributed by atoms with Crippen LogP contribution in [0.4, 0.5) is 22.7 Å². The Labute approximate surface area is 176 Å². The third-order valence-electron chi connectivity index (χ3n) is 3.65. The number of benzene rings is 2. The van der Waals surface area contributed by atoms with Gasteiger partial charge in [-0.25, -0.2) is 0 Å². The van der Waals surface area contributed by atoms with E-state index in [1.54, 1.807) is 12.1 Å². The van der Waals surface area contributed by atoms with Gasteiger partial charge in [-0.1, -0.05) is 46.4 Å². The van der Waals surface area contributed by atoms with Crippen LogP contribution in [0.5, 0.6) is 0 Å². The number of rotatable bonds is 4. The first-order valence-electron chi connectivity index (χ1n) is 6.96. The zero-order chi connectivity index (χ0) is 21.3. The summed E-state index contributed by atoms with van der Waals surface area (Å²) in [5, 5.41) is 42.4. The monoisotopic (exact) mass is 459 g/mol. The van der Waals surface area contributed by atoms with E-state index in [-0.39, 0.29) is 48.2 Å². The Bertz CT molecular complexity index is 1140. The average molecular weight is 461 g/mol. The van der Waals surface area contributed by atoms with Gasteiger partial charge in [0, 0.05) is 5.56 Å². The van der Waals surface area contributed by atoms with Crippen molar-refractivity contribution in [2.75, 3.05) is 5.32 Å². The molecule has 0 saturated heterocycles. The van der Waals surface area contributed by atoms with Crippen molar-refractivity contribution in [1.82, 2.24) is 0 Å². The smallest absolute Gasteiger partial charge is 0.299 e. The molecule has 0 aliphatic rings. The van der Waals surface area contributed by atoms with Gasteiger partial charge in [-0.2, -0.15) is 10.5 Å². The first-order valence-corrected chi connectivity index (χ1v) is 8.47. The van der Waals surface area contributed by atoms with E-state index < -0.39 is 21.2 Å². The van der Waals surface area contributed by atoms with Crippen LogP contribution in [0, 0.1) is 49.8 Å². The fourth-order valence-corrected chi connectivity index (χ4v) is 3.31. The number of nitrogens with one attached hydrogen (secondary N) is 1. The molecule has 2 aromatic rings. The number of halogens is 4. The standard InChI is InChI=1S/C15H5Cl4N5O4/c1-5-10(16)8(23(25)26)2-9(24(27)28)14(5)22-15-7(4-21)11(17)6(3-20)12(18)13(15)19/h2,22H,1H3. The molecule has 0 radical (unpaired) electrons. The number of nitro groups is 2. The van der Waals surface area contributed by atoms with Crippen molar-refractivity contribution in [3.63, 3.8) is 0 Å². The lowest BCUT2D eigenvalue weighted by atomic mass is 10.1. The molecule has 2 rings (SSSR count). The summed E-state index contributed by atoms with van der Waals surface area (Å²) in [5.41, 5.74) is -2.41. The Morgan fingerprint density at radius 3 is 1.86 bits per heavy atom. The molecule has 0 aliphatic heterocycles. The topological polar surface area (TPSA) is 146 Å². The molecule has 0 fully saturated rings. The van der Waals surface area contributed by atoms with Gasteiger partial charge in [0.05, 0.1) is 47.8 Å². The predicted molar refractivity (Wildman–Crippen MR) is 104 cm³/mol. The van der Waals surface area contributed by atoms with Crippen molar-refractivity contribution in [3.8, 4) is 12.1 Å². The molecule has 0 amide bonds. The van der Waals surface area contributed by atoms with Gasteiger partial charge < -0.3 is 5.32 Å². The van der Waals surface area contributed by atoms with Gasteiger partial charge in [0.15, 0.2) is 0 Å². The molecule has 13 heteroatoms. The molecular weight excluding hydrogens is 456 g/mol. The summed E-state index contributed by atoms with van der Waals surface area (Å²) in [7, 11) is 0. The Balaban J connectivity index is 2.86. The van der Waals surface area contributed by atoms with E-state index in [0.717, 1.165) is 0 Å². The Kier molecular flexibility index (Phi) is 6.17. The van der Waals surface area contributed by atoms with Crippen molar-refractivity contribution in [3.05, 3.63) is 63.1 Å². The van der Waals surface area contributed by atoms with Crippen LogP contribution in [0.2, 0.25) is 20.1 Å². The molecule has 0 aliphatic carbocycles. The summed E-state index contributed by atoms with van der Waals surface area (Å²) in [5.74, 6) is 0. The van der Waals surface area contributed by atoms with Crippen molar-refractivity contribution in [2.24, 2.45) is 0 Å². The van der Waals surface area contributed by atoms with Crippen LogP contribution in [0.25, 0.3) is 0 Å². The van der Waals surface area contributed by atoms with Crippen molar-refractivity contribution in [2.45, 2.75) is 6.92 Å². The summed E-state index contributed by atoms with van der Waals surface area (Å²) in [6, 6.07) is 4.12. The number of hydrogen-bond donors (Lipinski definition) is 1. The van der Waals surface area contributed by atoms with Crippen LogP contribution >= 0.6 is 46.4 Å². The van der Waals surface area contributed by atoms with Crippen LogP contribution in [-0.2, 0) is 0 Å². The van der Waals surface area contributed by atoms with Gasteiger partial charge in [0.2, 0.25) is 0 Å². The summed E-state index contributed by atoms with van der Waals surface area (Å²) in [6.07, 6.45) is 0. The first-order chi connectivity index (χ1) is 13.1. The van der Waals surface area contributed by atoms with Gasteiger partial charge in [-0.15, -0.1) is 0 Å². The molecule has 9 nitrogen and oxygen atoms in total. The van der Waals surface area contributed by atoms with Crippen molar-refractivity contribution < 1.29 is 9.85 Å². The molecule has 0 bridgehead atoms. The lowest BCUT2D eigenvalue weighted by Crippen LogP contribution is -2.05. The minimum absolute atomic E-state index is 0.0425. The van der Waals surface area contributed by atoms with Gasteiger partial charge in [0.1, 0.15) is 22.8 Å². The zero-order valence-electron chi connectivity index (χ0n) is 13.5. The average Bonchev–Trinajstić information content (AvgIpc) is 2.63. The van der Waals surface area contributed by atoms with Crippen LogP contribution < -0.4 is 5.32 Å². The molecule has 28 heavy (non-hydrogen) atoms. The molecule has 0 heterocycles. The van der Waals surface area contributed by atoms with Crippen LogP contribution in [0.3, 0.4) is 0 Å². The zero-order valence-corrected chi connectivity index (χ0v) is 16.5. The SMILES string of the molecule is Cc1c(Cl)c([N+](=O)[O-])cc([N+](=O)[O-])c1Nc1c(Cl)c(Cl)c(C#N)c(Cl)c1C#N. The van der Waals surface area contributed by atoms with Crippen molar-refractivity contribution in [1.29, 1.82) is 10.5 Å². The highest BCUT2D eigenvalue weighted by atomic mass is 35.5. The number of nitrogens with zero attached hydrogens (tertiary/aromatic N) is 4. The van der Waals surface area contributed by atoms with Crippen LogP contribution in [0.1, 0.15) is 16.7 Å². The molecule has 142 valence electrons. The van der Waals surface area contributed by atoms with E-state index in [1.165, 1.54) is 6.92 Å². The molecule has 0 saturated carbocycles. The maximum absolute atomic E-state index is 11.4. The molecule has 2 aromatic carbocycles. The molecular formula is C15H5Cl4N5O4. The van der Waals surface area contributed by atoms with Crippen LogP contribution in [0.15, 0.2) is 6.07 Å². The number of anilines is 2. The number of nitriles is 2. The highest BCUT2D eigenvalue weighted by Crippen LogP contribution is 2.46. The van der Waals surface area contributed by atoms with E-state index >= 15 is 0 Å². The summed E-state index contributed by atoms with van der Waals surface area (Å²) < 4.78 is 0.